The molecule has 0 unspecified atom stereocenters. The van der Waals surface area contributed by atoms with Crippen molar-refractivity contribution in [3.8, 4) is 11.5 Å². The Morgan fingerprint density at radius 1 is 1.12 bits per heavy atom. The fourth-order valence-corrected chi connectivity index (χ4v) is 8.50. The lowest BCUT2D eigenvalue weighted by atomic mass is 9.54. The van der Waals surface area contributed by atoms with Gasteiger partial charge in [-0.1, -0.05) is 13.0 Å². The molecule has 0 aromatic heterocycles. The van der Waals surface area contributed by atoms with Crippen LogP contribution >= 0.6 is 0 Å². The van der Waals surface area contributed by atoms with Crippen molar-refractivity contribution in [1.82, 2.24) is 4.90 Å². The molecule has 0 bridgehead atoms. The largest absolute Gasteiger partial charge is 0.508 e. The quantitative estimate of drug-likeness (QED) is 0.345. The molecule has 6 atom stereocenters. The number of anilines is 1. The van der Waals surface area contributed by atoms with E-state index in [-0.39, 0.29) is 40.9 Å². The first-order valence-corrected chi connectivity index (χ1v) is 15.4. The Balaban J connectivity index is 1.24. The summed E-state index contributed by atoms with van der Waals surface area (Å²) in [6.07, 6.45) is 1.30. The Labute approximate surface area is 245 Å². The number of aliphatic hydroxyl groups is 1. The highest BCUT2D eigenvalue weighted by molar-refractivity contribution is 5.91. The maximum Gasteiger partial charge on any atom is 0.418 e. The summed E-state index contributed by atoms with van der Waals surface area (Å²) in [5.41, 5.74) is 0.548. The number of hydrogen-bond acceptors (Lipinski definition) is 5. The van der Waals surface area contributed by atoms with Crippen LogP contribution in [0.1, 0.15) is 80.9 Å². The summed E-state index contributed by atoms with van der Waals surface area (Å²) in [6.45, 7) is 4.89. The van der Waals surface area contributed by atoms with Gasteiger partial charge in [-0.2, -0.15) is 13.2 Å². The first-order valence-electron chi connectivity index (χ1n) is 15.4. The third-order valence-electron chi connectivity index (χ3n) is 10.5. The summed E-state index contributed by atoms with van der Waals surface area (Å²) in [5, 5.41) is 23.6. The van der Waals surface area contributed by atoms with Crippen LogP contribution < -0.4 is 10.1 Å². The Kier molecular flexibility index (Phi) is 7.94. The molecule has 0 radical (unpaired) electrons. The number of phenolic OH excluding ortho intramolecular Hbond substituents is 1. The second-order valence-corrected chi connectivity index (χ2v) is 13.1. The van der Waals surface area contributed by atoms with Gasteiger partial charge in [0.05, 0.1) is 17.4 Å². The number of carbonyl (C=O) groups excluding carboxylic acids is 1. The van der Waals surface area contributed by atoms with E-state index in [1.807, 2.05) is 6.07 Å². The van der Waals surface area contributed by atoms with E-state index in [1.54, 1.807) is 12.1 Å². The fourth-order valence-electron chi connectivity index (χ4n) is 8.50. The van der Waals surface area contributed by atoms with Crippen LogP contribution in [0.15, 0.2) is 36.4 Å². The summed E-state index contributed by atoms with van der Waals surface area (Å²) < 4.78 is 49.2. The topological polar surface area (TPSA) is 82.0 Å². The number of hydrogen-bond donors (Lipinski definition) is 3. The Morgan fingerprint density at radius 2 is 1.90 bits per heavy atom. The van der Waals surface area contributed by atoms with Crippen LogP contribution in [0.3, 0.4) is 0 Å². The molecule has 0 spiro atoms. The molecule has 1 aliphatic heterocycles. The number of rotatable bonds is 7. The van der Waals surface area contributed by atoms with E-state index in [1.165, 1.54) is 12.1 Å². The van der Waals surface area contributed by atoms with Gasteiger partial charge < -0.3 is 25.2 Å². The lowest BCUT2D eigenvalue weighted by molar-refractivity contribution is -0.137. The van der Waals surface area contributed by atoms with Gasteiger partial charge in [0.15, 0.2) is 0 Å². The third-order valence-corrected chi connectivity index (χ3v) is 10.5. The number of halogens is 3. The van der Waals surface area contributed by atoms with Crippen LogP contribution in [0.5, 0.6) is 11.5 Å². The van der Waals surface area contributed by atoms with Crippen molar-refractivity contribution in [2.45, 2.75) is 89.0 Å². The van der Waals surface area contributed by atoms with Crippen LogP contribution in [0.25, 0.3) is 0 Å². The van der Waals surface area contributed by atoms with E-state index in [2.05, 4.69) is 17.1 Å². The van der Waals surface area contributed by atoms with E-state index in [0.29, 0.717) is 25.2 Å². The van der Waals surface area contributed by atoms with E-state index in [9.17, 15) is 28.2 Å². The number of amides is 1. The Bertz CT molecular complexity index is 1310. The lowest BCUT2D eigenvalue weighted by Gasteiger charge is -2.53. The van der Waals surface area contributed by atoms with E-state index >= 15 is 0 Å². The minimum atomic E-state index is -4.68. The van der Waals surface area contributed by atoms with E-state index in [0.717, 1.165) is 68.9 Å². The van der Waals surface area contributed by atoms with Crippen LogP contribution in [-0.4, -0.2) is 52.9 Å². The maximum atomic E-state index is 14.2. The molecule has 228 valence electrons. The van der Waals surface area contributed by atoms with Crippen LogP contribution in [-0.2, 0) is 17.4 Å². The number of aromatic hydroxyl groups is 1. The average molecular weight is 587 g/mol. The summed E-state index contributed by atoms with van der Waals surface area (Å²) in [4.78, 5) is 14.8. The summed E-state index contributed by atoms with van der Waals surface area (Å²) in [7, 11) is 0. The second kappa shape index (κ2) is 11.4. The third kappa shape index (κ3) is 5.62. The fraction of sp³-hybridized carbons (Fsp3) is 0.606. The van der Waals surface area contributed by atoms with Crippen molar-refractivity contribution in [2.24, 2.45) is 17.3 Å². The minimum absolute atomic E-state index is 0.0537. The van der Waals surface area contributed by atoms with Crippen molar-refractivity contribution in [3.63, 3.8) is 0 Å². The molecule has 1 amide bonds. The summed E-state index contributed by atoms with van der Waals surface area (Å²) >= 11 is 0. The highest BCUT2D eigenvalue weighted by Crippen LogP contribution is 2.61. The number of aryl methyl sites for hydroxylation is 1. The number of benzene rings is 2. The van der Waals surface area contributed by atoms with Crippen LogP contribution in [0, 0.1) is 17.3 Å². The van der Waals surface area contributed by atoms with Crippen molar-refractivity contribution in [1.29, 1.82) is 0 Å². The lowest BCUT2D eigenvalue weighted by Crippen LogP contribution is -2.51. The molecule has 3 fully saturated rings. The number of likely N-dealkylation sites (tertiary alicyclic amines) is 1. The smallest absolute Gasteiger partial charge is 0.418 e. The van der Waals surface area contributed by atoms with Gasteiger partial charge in [-0.15, -0.1) is 0 Å². The molecule has 2 aromatic rings. The number of fused-ring (bicyclic) bond motifs is 5. The standard InChI is InChI=1S/C33H41F3N2O4/c1-32-19-28(31-23-10-7-21(39)17-20(23)6-9-24(31)25(32)11-13-29(32)40)42-22-8-12-27(26(18-22)33(34,35)36)37-30(41)5-4-16-38-14-2-3-15-38/h7-8,10,12,17-18,24-25,28-29,31,39-40H,2-6,9,11,13-16,19H2,1H3,(H,37,41)/t24-,25-,28-,29-,31+,32-/m0/s1. The first-order chi connectivity index (χ1) is 20.0. The number of phenols is 1. The number of aliphatic hydroxyl groups excluding tert-OH is 1. The number of alkyl halides is 3. The van der Waals surface area contributed by atoms with E-state index in [4.69, 9.17) is 4.74 Å². The highest BCUT2D eigenvalue weighted by atomic mass is 19.4. The van der Waals surface area contributed by atoms with Crippen molar-refractivity contribution in [3.05, 3.63) is 53.1 Å². The van der Waals surface area contributed by atoms with Gasteiger partial charge in [-0.05, 0) is 124 Å². The monoisotopic (exact) mass is 586 g/mol. The molecule has 6 nitrogen and oxygen atoms in total. The normalized spacial score (nSPS) is 30.8. The zero-order valence-corrected chi connectivity index (χ0v) is 24.1. The zero-order chi connectivity index (χ0) is 29.6. The SMILES string of the molecule is C[C@]12C[C@H](Oc3ccc(NC(=O)CCCN4CCCC4)c(C(F)(F)F)c3)[C@@H]3c4ccc(O)cc4CC[C@H]3[C@@H]1CC[C@@H]2O. The molecule has 2 saturated carbocycles. The zero-order valence-electron chi connectivity index (χ0n) is 24.1. The van der Waals surface area contributed by atoms with Crippen molar-refractivity contribution < 1.29 is 32.9 Å². The van der Waals surface area contributed by atoms with Gasteiger partial charge >= 0.3 is 6.18 Å². The molecule has 4 aliphatic rings. The maximum absolute atomic E-state index is 14.2. The summed E-state index contributed by atoms with van der Waals surface area (Å²) in [5.74, 6) is 0.336. The number of ether oxygens (including phenoxy) is 1. The molecule has 3 N–H and O–H groups in total. The summed E-state index contributed by atoms with van der Waals surface area (Å²) in [6, 6.07) is 9.16. The number of nitrogens with one attached hydrogen (secondary N) is 1. The molecular weight excluding hydrogens is 545 g/mol. The molecule has 2 aromatic carbocycles. The van der Waals surface area contributed by atoms with Gasteiger partial charge in [-0.3, -0.25) is 4.79 Å². The predicted molar refractivity (Wildman–Crippen MR) is 154 cm³/mol. The molecular formula is C33H41F3N2O4. The van der Waals surface area contributed by atoms with Gasteiger partial charge in [0.1, 0.15) is 17.6 Å². The van der Waals surface area contributed by atoms with Crippen LogP contribution in [0.4, 0.5) is 18.9 Å². The van der Waals surface area contributed by atoms with Gasteiger partial charge in [0, 0.05) is 17.8 Å². The van der Waals surface area contributed by atoms with Gasteiger partial charge in [0.2, 0.25) is 5.91 Å². The molecule has 1 saturated heterocycles. The highest BCUT2D eigenvalue weighted by Gasteiger charge is 2.58. The number of carbonyl (C=O) groups is 1. The average Bonchev–Trinajstić information content (AvgIpc) is 3.56. The Morgan fingerprint density at radius 3 is 2.67 bits per heavy atom. The molecule has 42 heavy (non-hydrogen) atoms. The minimum Gasteiger partial charge on any atom is -0.508 e. The second-order valence-electron chi connectivity index (χ2n) is 13.1. The first kappa shape index (κ1) is 29.3. The van der Waals surface area contributed by atoms with Crippen LogP contribution in [0.2, 0.25) is 0 Å². The van der Waals surface area contributed by atoms with Crippen molar-refractivity contribution >= 4 is 11.6 Å². The molecule has 6 rings (SSSR count). The van der Waals surface area contributed by atoms with Crippen molar-refractivity contribution in [2.75, 3.05) is 25.0 Å². The molecule has 3 aliphatic carbocycles. The predicted octanol–water partition coefficient (Wildman–Crippen LogP) is 6.50. The molecule has 1 heterocycles. The van der Waals surface area contributed by atoms with Gasteiger partial charge in [-0.25, -0.2) is 0 Å². The molecule has 9 heteroatoms. The van der Waals surface area contributed by atoms with Gasteiger partial charge in [0.25, 0.3) is 0 Å². The van der Waals surface area contributed by atoms with E-state index < -0.39 is 29.9 Å². The number of nitrogens with zero attached hydrogens (tertiary/aromatic N) is 1. The Hall–Kier alpha value is -2.78.